The van der Waals surface area contributed by atoms with E-state index in [2.05, 4.69) is 10.3 Å². The molecular formula is C19H21N3O2S. The van der Waals surface area contributed by atoms with Crippen molar-refractivity contribution in [3.05, 3.63) is 55.9 Å². The molecule has 5 nitrogen and oxygen atoms in total. The first kappa shape index (κ1) is 17.4. The third-order valence-corrected chi connectivity index (χ3v) is 5.76. The monoisotopic (exact) mass is 355 g/mol. The number of carbonyl (C=O) groups is 1. The number of anilines is 1. The topological polar surface area (TPSA) is 64.0 Å². The minimum absolute atomic E-state index is 0.0463. The second-order valence-corrected chi connectivity index (χ2v) is 7.51. The van der Waals surface area contributed by atoms with Crippen molar-refractivity contribution in [3.8, 4) is 0 Å². The number of rotatable bonds is 3. The Balaban J connectivity index is 1.95. The molecule has 0 bridgehead atoms. The zero-order valence-corrected chi connectivity index (χ0v) is 15.9. The number of carbonyl (C=O) groups excluding carboxylic acids is 1. The molecule has 2 aromatic heterocycles. The zero-order chi connectivity index (χ0) is 18.3. The van der Waals surface area contributed by atoms with Crippen LogP contribution in [0.25, 0.3) is 10.2 Å². The predicted molar refractivity (Wildman–Crippen MR) is 103 cm³/mol. The first-order valence-electron chi connectivity index (χ1n) is 8.12. The van der Waals surface area contributed by atoms with Crippen molar-refractivity contribution in [1.29, 1.82) is 0 Å². The molecule has 0 fully saturated rings. The number of fused-ring (bicyclic) bond motifs is 1. The van der Waals surface area contributed by atoms with E-state index < -0.39 is 0 Å². The molecule has 0 spiro atoms. The highest BCUT2D eigenvalue weighted by molar-refractivity contribution is 7.18. The lowest BCUT2D eigenvalue weighted by molar-refractivity contribution is -0.116. The van der Waals surface area contributed by atoms with Gasteiger partial charge in [-0.25, -0.2) is 4.98 Å². The summed E-state index contributed by atoms with van der Waals surface area (Å²) in [5, 5.41) is 3.52. The van der Waals surface area contributed by atoms with Crippen molar-refractivity contribution in [1.82, 2.24) is 9.55 Å². The van der Waals surface area contributed by atoms with Crippen LogP contribution in [0.2, 0.25) is 0 Å². The first-order valence-corrected chi connectivity index (χ1v) is 8.94. The number of amides is 1. The number of nitrogens with zero attached hydrogens (tertiary/aromatic N) is 2. The van der Waals surface area contributed by atoms with Gasteiger partial charge in [0, 0.05) is 10.6 Å². The molecule has 130 valence electrons. The third kappa shape index (κ3) is 3.09. The van der Waals surface area contributed by atoms with Crippen molar-refractivity contribution >= 4 is 33.1 Å². The van der Waals surface area contributed by atoms with Crippen molar-refractivity contribution in [2.75, 3.05) is 5.32 Å². The molecule has 1 aromatic carbocycles. The van der Waals surface area contributed by atoms with Gasteiger partial charge < -0.3 is 5.32 Å². The van der Waals surface area contributed by atoms with Crippen LogP contribution in [0.1, 0.15) is 27.4 Å². The van der Waals surface area contributed by atoms with E-state index in [1.807, 2.05) is 45.9 Å². The Morgan fingerprint density at radius 1 is 1.16 bits per heavy atom. The van der Waals surface area contributed by atoms with Crippen LogP contribution >= 0.6 is 11.3 Å². The van der Waals surface area contributed by atoms with Crippen molar-refractivity contribution in [2.45, 2.75) is 41.2 Å². The Hall–Kier alpha value is -2.47. The van der Waals surface area contributed by atoms with Gasteiger partial charge in [0.1, 0.15) is 17.2 Å². The van der Waals surface area contributed by atoms with Gasteiger partial charge in [0.05, 0.1) is 5.39 Å². The van der Waals surface area contributed by atoms with E-state index in [0.717, 1.165) is 32.1 Å². The number of aromatic nitrogens is 2. The Morgan fingerprint density at radius 2 is 1.88 bits per heavy atom. The fraction of sp³-hybridized carbons (Fsp3) is 0.316. The molecule has 3 aromatic rings. The van der Waals surface area contributed by atoms with Crippen LogP contribution < -0.4 is 10.9 Å². The number of hydrogen-bond donors (Lipinski definition) is 1. The summed E-state index contributed by atoms with van der Waals surface area (Å²) in [5.41, 5.74) is 3.70. The average Bonchev–Trinajstić information content (AvgIpc) is 2.83. The third-order valence-electron chi connectivity index (χ3n) is 4.66. The second kappa shape index (κ2) is 6.44. The fourth-order valence-electron chi connectivity index (χ4n) is 2.83. The maximum Gasteiger partial charge on any atom is 0.263 e. The molecule has 6 heteroatoms. The van der Waals surface area contributed by atoms with Gasteiger partial charge in [0.25, 0.3) is 5.56 Å². The predicted octanol–water partition coefficient (Wildman–Crippen LogP) is 3.64. The highest BCUT2D eigenvalue weighted by atomic mass is 32.1. The van der Waals surface area contributed by atoms with E-state index in [9.17, 15) is 9.59 Å². The van der Waals surface area contributed by atoms with Crippen molar-refractivity contribution < 1.29 is 4.79 Å². The van der Waals surface area contributed by atoms with Gasteiger partial charge >= 0.3 is 0 Å². The Labute approximate surface area is 150 Å². The number of nitrogens with one attached hydrogen (secondary N) is 1. The lowest BCUT2D eigenvalue weighted by atomic mass is 10.1. The van der Waals surface area contributed by atoms with Gasteiger partial charge in [0.15, 0.2) is 0 Å². The molecule has 0 unspecified atom stereocenters. The maximum atomic E-state index is 12.8. The molecule has 1 amide bonds. The zero-order valence-electron chi connectivity index (χ0n) is 15.1. The molecule has 0 aliphatic rings. The lowest BCUT2D eigenvalue weighted by Crippen LogP contribution is -2.30. The van der Waals surface area contributed by atoms with Crippen LogP contribution in [0.5, 0.6) is 0 Å². The summed E-state index contributed by atoms with van der Waals surface area (Å²) >= 11 is 1.52. The van der Waals surface area contributed by atoms with Gasteiger partial charge in [0.2, 0.25) is 5.91 Å². The van der Waals surface area contributed by atoms with E-state index in [0.29, 0.717) is 11.2 Å². The van der Waals surface area contributed by atoms with Crippen LogP contribution in [0, 0.1) is 34.6 Å². The number of hydrogen-bond acceptors (Lipinski definition) is 4. The van der Waals surface area contributed by atoms with E-state index in [1.54, 1.807) is 6.92 Å². The summed E-state index contributed by atoms with van der Waals surface area (Å²) in [6.45, 7) is 9.58. The highest BCUT2D eigenvalue weighted by Gasteiger charge is 2.16. The molecule has 1 N–H and O–H groups in total. The average molecular weight is 355 g/mol. The minimum Gasteiger partial charge on any atom is -0.324 e. The van der Waals surface area contributed by atoms with Crippen LogP contribution in [0.3, 0.4) is 0 Å². The van der Waals surface area contributed by atoms with E-state index in [-0.39, 0.29) is 18.0 Å². The molecule has 2 heterocycles. The first-order chi connectivity index (χ1) is 11.8. The van der Waals surface area contributed by atoms with Gasteiger partial charge in [-0.15, -0.1) is 11.3 Å². The summed E-state index contributed by atoms with van der Waals surface area (Å²) in [7, 11) is 0. The SMILES string of the molecule is Cc1cccc(NC(=O)Cn2c(C)nc3sc(C)c(C)c3c2=O)c1C. The van der Waals surface area contributed by atoms with Crippen molar-refractivity contribution in [2.24, 2.45) is 0 Å². The lowest BCUT2D eigenvalue weighted by Gasteiger charge is -2.12. The number of benzene rings is 1. The number of thiophene rings is 1. The summed E-state index contributed by atoms with van der Waals surface area (Å²) in [6.07, 6.45) is 0. The molecule has 25 heavy (non-hydrogen) atoms. The van der Waals surface area contributed by atoms with E-state index in [4.69, 9.17) is 0 Å². The highest BCUT2D eigenvalue weighted by Crippen LogP contribution is 2.26. The Morgan fingerprint density at radius 3 is 2.60 bits per heavy atom. The molecule has 0 aliphatic heterocycles. The van der Waals surface area contributed by atoms with Gasteiger partial charge in [-0.3, -0.25) is 14.2 Å². The van der Waals surface area contributed by atoms with E-state index >= 15 is 0 Å². The minimum atomic E-state index is -0.232. The molecule has 3 rings (SSSR count). The summed E-state index contributed by atoms with van der Waals surface area (Å²) in [6, 6.07) is 5.77. The summed E-state index contributed by atoms with van der Waals surface area (Å²) in [4.78, 5) is 31.7. The maximum absolute atomic E-state index is 12.8. The molecule has 0 saturated heterocycles. The second-order valence-electron chi connectivity index (χ2n) is 6.31. The Kier molecular flexibility index (Phi) is 4.47. The smallest absolute Gasteiger partial charge is 0.263 e. The summed E-state index contributed by atoms with van der Waals surface area (Å²) in [5.74, 6) is 0.319. The van der Waals surface area contributed by atoms with Crippen LogP contribution in [0.4, 0.5) is 5.69 Å². The molecular weight excluding hydrogens is 334 g/mol. The van der Waals surface area contributed by atoms with Gasteiger partial charge in [-0.1, -0.05) is 12.1 Å². The van der Waals surface area contributed by atoms with Crippen LogP contribution in [-0.2, 0) is 11.3 Å². The quantitative estimate of drug-likeness (QED) is 0.780. The molecule has 0 atom stereocenters. The van der Waals surface area contributed by atoms with Crippen molar-refractivity contribution in [3.63, 3.8) is 0 Å². The number of aryl methyl sites for hydroxylation is 4. The molecule has 0 aliphatic carbocycles. The summed E-state index contributed by atoms with van der Waals surface area (Å²) < 4.78 is 1.45. The largest absolute Gasteiger partial charge is 0.324 e. The van der Waals surface area contributed by atoms with Gasteiger partial charge in [-0.05, 0) is 57.4 Å². The van der Waals surface area contributed by atoms with Crippen LogP contribution in [-0.4, -0.2) is 15.5 Å². The standard InChI is InChI=1S/C19H21N3O2S/c1-10-7-6-8-15(11(10)2)21-16(23)9-22-14(5)20-18-17(19(22)24)12(3)13(4)25-18/h6-8H,9H2,1-5H3,(H,21,23). The fourth-order valence-corrected chi connectivity index (χ4v) is 3.90. The molecule has 0 radical (unpaired) electrons. The Bertz CT molecular complexity index is 1050. The normalized spacial score (nSPS) is 11.1. The van der Waals surface area contributed by atoms with E-state index in [1.165, 1.54) is 15.9 Å². The van der Waals surface area contributed by atoms with Crippen LogP contribution in [0.15, 0.2) is 23.0 Å². The van der Waals surface area contributed by atoms with Gasteiger partial charge in [-0.2, -0.15) is 0 Å². The molecule has 0 saturated carbocycles.